The first-order chi connectivity index (χ1) is 23.2. The van der Waals surface area contributed by atoms with Gasteiger partial charge in [-0.25, -0.2) is 9.79 Å². The van der Waals surface area contributed by atoms with E-state index in [-0.39, 0.29) is 34.8 Å². The van der Waals surface area contributed by atoms with Crippen LogP contribution in [0.4, 0.5) is 5.69 Å². The first-order valence-corrected chi connectivity index (χ1v) is 16.8. The standard InChI is InChI=1S/C36H30BrN3O7S/c1-4-45-26-15-13-24(14-16-26)32-31(35(42)46-5-2)21(3)38-36-39(32)34(41)30(48-36)19-22-17-28(37)33(29(18-22)40(43)44)47-20-25-11-8-10-23-9-6-7-12-27(23)25/h6-19,32H,4-5,20H2,1-3H3/b30-19-/t32-/m0/s1. The Balaban J connectivity index is 1.41. The lowest BCUT2D eigenvalue weighted by Crippen LogP contribution is -2.39. The summed E-state index contributed by atoms with van der Waals surface area (Å²) in [5, 5.41) is 14.3. The van der Waals surface area contributed by atoms with E-state index >= 15 is 0 Å². The van der Waals surface area contributed by atoms with Gasteiger partial charge in [0, 0.05) is 6.07 Å². The minimum atomic E-state index is -0.802. The van der Waals surface area contributed by atoms with Gasteiger partial charge in [0.2, 0.25) is 5.75 Å². The van der Waals surface area contributed by atoms with E-state index in [9.17, 15) is 19.7 Å². The molecule has 10 nitrogen and oxygen atoms in total. The molecule has 0 saturated carbocycles. The summed E-state index contributed by atoms with van der Waals surface area (Å²) in [4.78, 5) is 44.0. The molecule has 0 radical (unpaired) electrons. The molecule has 12 heteroatoms. The van der Waals surface area contributed by atoms with Gasteiger partial charge in [-0.1, -0.05) is 65.9 Å². The van der Waals surface area contributed by atoms with Gasteiger partial charge < -0.3 is 14.2 Å². The molecule has 2 heterocycles. The van der Waals surface area contributed by atoms with E-state index in [2.05, 4.69) is 20.9 Å². The van der Waals surface area contributed by atoms with Gasteiger partial charge in [0.15, 0.2) is 4.80 Å². The van der Waals surface area contributed by atoms with E-state index in [0.717, 1.165) is 27.7 Å². The summed E-state index contributed by atoms with van der Waals surface area (Å²) in [7, 11) is 0. The van der Waals surface area contributed by atoms with Gasteiger partial charge >= 0.3 is 11.7 Å². The Morgan fingerprint density at radius 1 is 1.04 bits per heavy atom. The molecule has 0 bridgehead atoms. The molecule has 48 heavy (non-hydrogen) atoms. The number of esters is 1. The normalized spacial score (nSPS) is 14.4. The number of benzene rings is 4. The largest absolute Gasteiger partial charge is 0.494 e. The van der Waals surface area contributed by atoms with Crippen LogP contribution in [-0.4, -0.2) is 28.7 Å². The van der Waals surface area contributed by atoms with Gasteiger partial charge in [-0.05, 0) is 88.4 Å². The van der Waals surface area contributed by atoms with Gasteiger partial charge in [0.05, 0.1) is 44.5 Å². The van der Waals surface area contributed by atoms with Crippen LogP contribution in [0.15, 0.2) is 104 Å². The number of hydrogen-bond acceptors (Lipinski definition) is 9. The van der Waals surface area contributed by atoms with Crippen molar-refractivity contribution in [3.63, 3.8) is 0 Å². The lowest BCUT2D eigenvalue weighted by atomic mass is 9.96. The monoisotopic (exact) mass is 727 g/mol. The predicted molar refractivity (Wildman–Crippen MR) is 187 cm³/mol. The zero-order chi connectivity index (χ0) is 33.9. The number of rotatable bonds is 10. The summed E-state index contributed by atoms with van der Waals surface area (Å²) in [6.45, 7) is 6.08. The molecule has 6 rings (SSSR count). The summed E-state index contributed by atoms with van der Waals surface area (Å²) in [6, 6.07) is 23.1. The van der Waals surface area contributed by atoms with E-state index < -0.39 is 22.5 Å². The Kier molecular flexibility index (Phi) is 9.56. The van der Waals surface area contributed by atoms with Crippen LogP contribution in [0.2, 0.25) is 0 Å². The second kappa shape index (κ2) is 14.0. The van der Waals surface area contributed by atoms with Crippen molar-refractivity contribution in [1.29, 1.82) is 0 Å². The maximum atomic E-state index is 14.1. The maximum Gasteiger partial charge on any atom is 0.338 e. The SMILES string of the molecule is CCOC(=O)C1=C(C)N=c2s/c(=C\c3cc(Br)c(OCc4cccc5ccccc45)c([N+](=O)[O-])c3)c(=O)n2[C@H]1c1ccc(OCC)cc1. The average Bonchev–Trinajstić information content (AvgIpc) is 3.37. The molecule has 1 aliphatic rings. The fourth-order valence-electron chi connectivity index (χ4n) is 5.70. The third-order valence-electron chi connectivity index (χ3n) is 7.82. The molecule has 244 valence electrons. The summed E-state index contributed by atoms with van der Waals surface area (Å²) < 4.78 is 19.1. The van der Waals surface area contributed by atoms with Crippen LogP contribution < -0.4 is 24.4 Å². The first kappa shape index (κ1) is 32.9. The zero-order valence-electron chi connectivity index (χ0n) is 26.3. The van der Waals surface area contributed by atoms with Crippen molar-refractivity contribution in [2.24, 2.45) is 4.99 Å². The number of halogens is 1. The number of allylic oxidation sites excluding steroid dienone is 1. The molecule has 0 amide bonds. The van der Waals surface area contributed by atoms with Crippen molar-refractivity contribution in [2.45, 2.75) is 33.4 Å². The Morgan fingerprint density at radius 3 is 2.52 bits per heavy atom. The first-order valence-electron chi connectivity index (χ1n) is 15.2. The van der Waals surface area contributed by atoms with Crippen LogP contribution in [0.5, 0.6) is 11.5 Å². The number of nitrogens with zero attached hydrogens (tertiary/aromatic N) is 3. The van der Waals surface area contributed by atoms with Gasteiger partial charge in [0.25, 0.3) is 5.56 Å². The van der Waals surface area contributed by atoms with Crippen LogP contribution in [-0.2, 0) is 16.1 Å². The smallest absolute Gasteiger partial charge is 0.338 e. The predicted octanol–water partition coefficient (Wildman–Crippen LogP) is 6.60. The second-order valence-electron chi connectivity index (χ2n) is 10.8. The van der Waals surface area contributed by atoms with Gasteiger partial charge in [0.1, 0.15) is 12.4 Å². The number of fused-ring (bicyclic) bond motifs is 2. The van der Waals surface area contributed by atoms with Gasteiger partial charge in [-0.15, -0.1) is 0 Å². The Hall–Kier alpha value is -5.07. The minimum Gasteiger partial charge on any atom is -0.494 e. The highest BCUT2D eigenvalue weighted by atomic mass is 79.9. The summed E-state index contributed by atoms with van der Waals surface area (Å²) in [6.07, 6.45) is 1.58. The van der Waals surface area contributed by atoms with Crippen molar-refractivity contribution in [3.8, 4) is 11.5 Å². The Labute approximate surface area is 287 Å². The number of thiazole rings is 1. The summed E-state index contributed by atoms with van der Waals surface area (Å²) >= 11 is 4.60. The maximum absolute atomic E-state index is 14.1. The Morgan fingerprint density at radius 2 is 1.79 bits per heavy atom. The van der Waals surface area contributed by atoms with E-state index in [1.54, 1.807) is 38.1 Å². The molecule has 0 saturated heterocycles. The molecule has 0 fully saturated rings. The number of hydrogen-bond donors (Lipinski definition) is 0. The van der Waals surface area contributed by atoms with E-state index in [4.69, 9.17) is 14.2 Å². The summed E-state index contributed by atoms with van der Waals surface area (Å²) in [5.74, 6) is 0.172. The fourth-order valence-corrected chi connectivity index (χ4v) is 7.33. The van der Waals surface area contributed by atoms with E-state index in [0.29, 0.717) is 38.5 Å². The number of ether oxygens (including phenoxy) is 3. The highest BCUT2D eigenvalue weighted by molar-refractivity contribution is 9.10. The van der Waals surface area contributed by atoms with Crippen LogP contribution in [0.25, 0.3) is 16.8 Å². The fraction of sp³-hybridized carbons (Fsp3) is 0.194. The van der Waals surface area contributed by atoms with Crippen molar-refractivity contribution in [1.82, 2.24) is 4.57 Å². The third-order valence-corrected chi connectivity index (χ3v) is 9.39. The van der Waals surface area contributed by atoms with Crippen LogP contribution in [0.3, 0.4) is 0 Å². The molecule has 0 N–H and O–H groups in total. The topological polar surface area (TPSA) is 122 Å². The minimum absolute atomic E-state index is 0.0803. The van der Waals surface area contributed by atoms with Crippen molar-refractivity contribution >= 4 is 55.8 Å². The number of carbonyl (C=O) groups is 1. The number of nitro benzene ring substituents is 1. The number of carbonyl (C=O) groups excluding carboxylic acids is 1. The molecule has 4 aromatic carbocycles. The molecule has 5 aromatic rings. The van der Waals surface area contributed by atoms with Crippen molar-refractivity contribution in [3.05, 3.63) is 141 Å². The van der Waals surface area contributed by atoms with Crippen molar-refractivity contribution < 1.29 is 23.9 Å². The number of aromatic nitrogens is 1. The third kappa shape index (κ3) is 6.41. The molecule has 1 aliphatic heterocycles. The van der Waals surface area contributed by atoms with Crippen LogP contribution in [0.1, 0.15) is 43.5 Å². The highest BCUT2D eigenvalue weighted by Crippen LogP contribution is 2.38. The van der Waals surface area contributed by atoms with E-state index in [1.165, 1.54) is 10.6 Å². The molecular formula is C36H30BrN3O7S. The van der Waals surface area contributed by atoms with Crippen LogP contribution >= 0.6 is 27.3 Å². The van der Waals surface area contributed by atoms with Crippen molar-refractivity contribution in [2.75, 3.05) is 13.2 Å². The van der Waals surface area contributed by atoms with Crippen LogP contribution in [0, 0.1) is 10.1 Å². The molecule has 1 atom stereocenters. The zero-order valence-corrected chi connectivity index (χ0v) is 28.7. The van der Waals surface area contributed by atoms with Gasteiger partial charge in [-0.3, -0.25) is 19.5 Å². The Bertz CT molecular complexity index is 2270. The molecular weight excluding hydrogens is 698 g/mol. The lowest BCUT2D eigenvalue weighted by Gasteiger charge is -2.24. The lowest BCUT2D eigenvalue weighted by molar-refractivity contribution is -0.386. The summed E-state index contributed by atoms with van der Waals surface area (Å²) in [5.41, 5.74) is 2.01. The number of nitro groups is 1. The molecule has 1 aromatic heterocycles. The molecule has 0 spiro atoms. The second-order valence-corrected chi connectivity index (χ2v) is 12.7. The van der Waals surface area contributed by atoms with Gasteiger partial charge in [-0.2, -0.15) is 0 Å². The highest BCUT2D eigenvalue weighted by Gasteiger charge is 2.33. The quantitative estimate of drug-likeness (QED) is 0.0903. The van der Waals surface area contributed by atoms with E-state index in [1.807, 2.05) is 61.5 Å². The molecule has 0 unspecified atom stereocenters. The average molecular weight is 729 g/mol. The molecule has 0 aliphatic carbocycles.